The number of benzene rings is 1. The fraction of sp³-hybridized carbons (Fsp3) is 0.250. The molecule has 1 atom stereocenters. The monoisotopic (exact) mass is 370 g/mol. The predicted molar refractivity (Wildman–Crippen MR) is 106 cm³/mol. The van der Waals surface area contributed by atoms with E-state index in [1.807, 2.05) is 36.6 Å². The van der Waals surface area contributed by atoms with Gasteiger partial charge in [0.1, 0.15) is 11.6 Å². The summed E-state index contributed by atoms with van der Waals surface area (Å²) in [5, 5.41) is 34.0. The Morgan fingerprint density at radius 3 is 2.65 bits per heavy atom. The molecule has 0 amide bonds. The number of rotatable bonds is 6. The largest absolute Gasteiger partial charge is 0.507 e. The van der Waals surface area contributed by atoms with Crippen LogP contribution in [0.25, 0.3) is 21.7 Å². The first kappa shape index (κ1) is 18.4. The van der Waals surface area contributed by atoms with E-state index in [9.17, 15) is 10.2 Å². The van der Waals surface area contributed by atoms with E-state index in [4.69, 9.17) is 5.11 Å². The molecule has 0 radical (unpaired) electrons. The van der Waals surface area contributed by atoms with Crippen LogP contribution in [0.5, 0.6) is 5.75 Å². The molecular formula is C20H22N2O3S. The molecule has 3 rings (SSSR count). The van der Waals surface area contributed by atoms with Gasteiger partial charge in [-0.05, 0) is 60.7 Å². The molecule has 0 fully saturated rings. The van der Waals surface area contributed by atoms with Crippen LogP contribution < -0.4 is 5.32 Å². The Labute approximate surface area is 156 Å². The average molecular weight is 370 g/mol. The van der Waals surface area contributed by atoms with E-state index in [0.717, 1.165) is 16.0 Å². The standard InChI is InChI=1S/C20H22N2O3S/c1-12-3-4-18(25)16(7-12)17-8-14(20-13(2)5-6-26-20)9-19(22-17)21-10-15(24)11-23/h3-9,15,23-25H,10-11H2,1-2H3,(H,21,22). The second kappa shape index (κ2) is 7.86. The van der Waals surface area contributed by atoms with Gasteiger partial charge in [0.05, 0.1) is 18.4 Å². The van der Waals surface area contributed by atoms with E-state index in [2.05, 4.69) is 23.3 Å². The summed E-state index contributed by atoms with van der Waals surface area (Å²) in [6.45, 7) is 3.89. The van der Waals surface area contributed by atoms with E-state index in [0.29, 0.717) is 17.1 Å². The molecule has 1 unspecified atom stereocenters. The van der Waals surface area contributed by atoms with Crippen LogP contribution in [-0.2, 0) is 0 Å². The van der Waals surface area contributed by atoms with Gasteiger partial charge in [-0.3, -0.25) is 0 Å². The van der Waals surface area contributed by atoms with Crippen LogP contribution >= 0.6 is 11.3 Å². The summed E-state index contributed by atoms with van der Waals surface area (Å²) in [6.07, 6.45) is -0.861. The summed E-state index contributed by atoms with van der Waals surface area (Å²) in [5.74, 6) is 0.753. The third-order valence-corrected chi connectivity index (χ3v) is 5.17. The Morgan fingerprint density at radius 2 is 1.96 bits per heavy atom. The van der Waals surface area contributed by atoms with Gasteiger partial charge in [-0.1, -0.05) is 11.6 Å². The lowest BCUT2D eigenvalue weighted by atomic mass is 10.0. The van der Waals surface area contributed by atoms with Crippen molar-refractivity contribution in [2.75, 3.05) is 18.5 Å². The number of hydrogen-bond donors (Lipinski definition) is 4. The highest BCUT2D eigenvalue weighted by atomic mass is 32.1. The fourth-order valence-corrected chi connectivity index (χ4v) is 3.62. The number of hydrogen-bond acceptors (Lipinski definition) is 6. The van der Waals surface area contributed by atoms with Gasteiger partial charge in [0.25, 0.3) is 0 Å². The Bertz CT molecular complexity index is 908. The average Bonchev–Trinajstić information content (AvgIpc) is 3.07. The SMILES string of the molecule is Cc1ccc(O)c(-c2cc(-c3sccc3C)cc(NCC(O)CO)n2)c1. The summed E-state index contributed by atoms with van der Waals surface area (Å²) in [5.41, 5.74) is 4.50. The number of nitrogens with zero attached hydrogens (tertiary/aromatic N) is 1. The minimum absolute atomic E-state index is 0.171. The van der Waals surface area contributed by atoms with E-state index in [-0.39, 0.29) is 18.9 Å². The van der Waals surface area contributed by atoms with Gasteiger partial charge in [-0.15, -0.1) is 11.3 Å². The minimum Gasteiger partial charge on any atom is -0.507 e. The number of thiophene rings is 1. The molecule has 0 bridgehead atoms. The molecule has 5 nitrogen and oxygen atoms in total. The highest BCUT2D eigenvalue weighted by molar-refractivity contribution is 7.13. The number of anilines is 1. The van der Waals surface area contributed by atoms with Crippen molar-refractivity contribution in [3.05, 3.63) is 52.9 Å². The highest BCUT2D eigenvalue weighted by Crippen LogP contribution is 2.36. The van der Waals surface area contributed by atoms with Crippen molar-refractivity contribution >= 4 is 17.2 Å². The molecule has 6 heteroatoms. The van der Waals surface area contributed by atoms with Crippen LogP contribution in [0.15, 0.2) is 41.8 Å². The maximum absolute atomic E-state index is 10.3. The lowest BCUT2D eigenvalue weighted by Crippen LogP contribution is -2.23. The fourth-order valence-electron chi connectivity index (χ4n) is 2.70. The molecular weight excluding hydrogens is 348 g/mol. The second-order valence-corrected chi connectivity index (χ2v) is 7.21. The number of aliphatic hydroxyl groups is 2. The van der Waals surface area contributed by atoms with Gasteiger partial charge in [0, 0.05) is 17.0 Å². The van der Waals surface area contributed by atoms with Crippen molar-refractivity contribution in [2.24, 2.45) is 0 Å². The van der Waals surface area contributed by atoms with Crippen molar-refractivity contribution in [3.8, 4) is 27.4 Å². The molecule has 0 aliphatic carbocycles. The number of phenolic OH excluding ortho intramolecular Hbond substituents is 1. The summed E-state index contributed by atoms with van der Waals surface area (Å²) in [6, 6.07) is 11.4. The Morgan fingerprint density at radius 1 is 1.15 bits per heavy atom. The van der Waals surface area contributed by atoms with Gasteiger partial charge >= 0.3 is 0 Å². The predicted octanol–water partition coefficient (Wildman–Crippen LogP) is 3.56. The van der Waals surface area contributed by atoms with Crippen molar-refractivity contribution in [1.29, 1.82) is 0 Å². The molecule has 136 valence electrons. The molecule has 0 saturated heterocycles. The third-order valence-electron chi connectivity index (χ3n) is 4.11. The van der Waals surface area contributed by atoms with E-state index >= 15 is 0 Å². The van der Waals surface area contributed by atoms with E-state index < -0.39 is 6.10 Å². The summed E-state index contributed by atoms with van der Waals surface area (Å²) >= 11 is 1.64. The number of pyridine rings is 1. The lowest BCUT2D eigenvalue weighted by Gasteiger charge is -2.14. The molecule has 2 heterocycles. The maximum Gasteiger partial charge on any atom is 0.127 e. The van der Waals surface area contributed by atoms with Gasteiger partial charge in [0.15, 0.2) is 0 Å². The number of aryl methyl sites for hydroxylation is 2. The molecule has 0 saturated carbocycles. The lowest BCUT2D eigenvalue weighted by molar-refractivity contribution is 0.105. The quantitative estimate of drug-likeness (QED) is 0.533. The first-order valence-corrected chi connectivity index (χ1v) is 9.25. The van der Waals surface area contributed by atoms with Crippen molar-refractivity contribution in [1.82, 2.24) is 4.98 Å². The van der Waals surface area contributed by atoms with Crippen LogP contribution in [-0.4, -0.2) is 39.6 Å². The number of aromatic nitrogens is 1. The van der Waals surface area contributed by atoms with Crippen LogP contribution in [0.3, 0.4) is 0 Å². The van der Waals surface area contributed by atoms with Crippen LogP contribution in [0.4, 0.5) is 5.82 Å². The summed E-state index contributed by atoms with van der Waals surface area (Å²) < 4.78 is 0. The molecule has 26 heavy (non-hydrogen) atoms. The number of aromatic hydroxyl groups is 1. The molecule has 0 aliphatic heterocycles. The van der Waals surface area contributed by atoms with Crippen molar-refractivity contribution in [3.63, 3.8) is 0 Å². The summed E-state index contributed by atoms with van der Waals surface area (Å²) in [4.78, 5) is 5.72. The topological polar surface area (TPSA) is 85.6 Å². The maximum atomic E-state index is 10.3. The molecule has 4 N–H and O–H groups in total. The minimum atomic E-state index is -0.861. The highest BCUT2D eigenvalue weighted by Gasteiger charge is 2.13. The van der Waals surface area contributed by atoms with Crippen molar-refractivity contribution in [2.45, 2.75) is 20.0 Å². The number of aliphatic hydroxyl groups excluding tert-OH is 2. The second-order valence-electron chi connectivity index (χ2n) is 6.30. The van der Waals surface area contributed by atoms with Gasteiger partial charge in [-0.2, -0.15) is 0 Å². The zero-order valence-electron chi connectivity index (χ0n) is 14.7. The van der Waals surface area contributed by atoms with Crippen molar-refractivity contribution < 1.29 is 15.3 Å². The summed E-state index contributed by atoms with van der Waals surface area (Å²) in [7, 11) is 0. The first-order valence-electron chi connectivity index (χ1n) is 8.37. The molecule has 2 aromatic heterocycles. The first-order chi connectivity index (χ1) is 12.5. The van der Waals surface area contributed by atoms with Crippen LogP contribution in [0, 0.1) is 13.8 Å². The van der Waals surface area contributed by atoms with Gasteiger partial charge < -0.3 is 20.6 Å². The van der Waals surface area contributed by atoms with E-state index in [1.165, 1.54) is 5.56 Å². The molecule has 1 aromatic carbocycles. The normalized spacial score (nSPS) is 12.2. The van der Waals surface area contributed by atoms with Gasteiger partial charge in [0.2, 0.25) is 0 Å². The number of nitrogens with one attached hydrogen (secondary N) is 1. The van der Waals surface area contributed by atoms with Crippen LogP contribution in [0.1, 0.15) is 11.1 Å². The Kier molecular flexibility index (Phi) is 5.56. The van der Waals surface area contributed by atoms with Crippen LogP contribution in [0.2, 0.25) is 0 Å². The Balaban J connectivity index is 2.08. The smallest absolute Gasteiger partial charge is 0.127 e. The molecule has 3 aromatic rings. The van der Waals surface area contributed by atoms with Gasteiger partial charge in [-0.25, -0.2) is 4.98 Å². The van der Waals surface area contributed by atoms with E-state index in [1.54, 1.807) is 17.4 Å². The zero-order chi connectivity index (χ0) is 18.7. The zero-order valence-corrected chi connectivity index (χ0v) is 15.5. The third kappa shape index (κ3) is 4.04. The molecule has 0 spiro atoms. The number of phenols is 1. The molecule has 0 aliphatic rings. The Hall–Kier alpha value is -2.41.